The molecule has 0 bridgehead atoms. The van der Waals surface area contributed by atoms with Gasteiger partial charge in [-0.05, 0) is 32.0 Å². The normalized spacial score (nSPS) is 10.4. The molecule has 21 heavy (non-hydrogen) atoms. The maximum atomic E-state index is 12.3. The van der Waals surface area contributed by atoms with Crippen molar-refractivity contribution in [2.24, 2.45) is 0 Å². The zero-order chi connectivity index (χ0) is 15.2. The lowest BCUT2D eigenvalue weighted by molar-refractivity contribution is 0.0950. The highest BCUT2D eigenvalue weighted by atomic mass is 35.5. The predicted octanol–water partition coefficient (Wildman–Crippen LogP) is 2.31. The quantitative estimate of drug-likeness (QED) is 0.859. The third-order valence-electron chi connectivity index (χ3n) is 3.04. The number of carbonyl (C=O) groups is 1. The Hall–Kier alpha value is -2.08. The molecule has 2 aromatic rings. The van der Waals surface area contributed by atoms with Crippen LogP contribution < -0.4 is 10.6 Å². The Bertz CT molecular complexity index is 626. The lowest BCUT2D eigenvalue weighted by atomic mass is 10.1. The topological polar surface area (TPSA) is 71.8 Å². The minimum Gasteiger partial charge on any atom is -0.385 e. The number of nitrogens with one attached hydrogen (secondary N) is 2. The number of amides is 1. The lowest BCUT2D eigenvalue weighted by Gasteiger charge is -2.11. The van der Waals surface area contributed by atoms with Crippen molar-refractivity contribution < 1.29 is 4.79 Å². The van der Waals surface area contributed by atoms with Crippen molar-refractivity contribution in [2.45, 2.75) is 26.9 Å². The van der Waals surface area contributed by atoms with Crippen LogP contribution in [-0.4, -0.2) is 27.2 Å². The van der Waals surface area contributed by atoms with Crippen LogP contribution in [0.1, 0.15) is 30.0 Å². The van der Waals surface area contributed by atoms with E-state index in [2.05, 4.69) is 20.8 Å². The zero-order valence-corrected chi connectivity index (χ0v) is 12.8. The maximum Gasteiger partial charge on any atom is 0.253 e. The van der Waals surface area contributed by atoms with Gasteiger partial charge < -0.3 is 15.2 Å². The highest BCUT2D eigenvalue weighted by Crippen LogP contribution is 2.20. The zero-order valence-electron chi connectivity index (χ0n) is 12.1. The first kappa shape index (κ1) is 15.3. The van der Waals surface area contributed by atoms with Gasteiger partial charge in [0.15, 0.2) is 5.82 Å². The minimum absolute atomic E-state index is 0.195. The molecule has 1 aromatic heterocycles. The molecular formula is C14H18ClN5O. The smallest absolute Gasteiger partial charge is 0.253 e. The van der Waals surface area contributed by atoms with E-state index in [0.717, 1.165) is 24.6 Å². The molecule has 1 amide bonds. The van der Waals surface area contributed by atoms with Gasteiger partial charge in [0.25, 0.3) is 5.91 Å². The summed E-state index contributed by atoms with van der Waals surface area (Å²) in [5.74, 6) is 0.525. The van der Waals surface area contributed by atoms with Gasteiger partial charge in [0.2, 0.25) is 0 Å². The number of hydrogen-bond acceptors (Lipinski definition) is 4. The Morgan fingerprint density at radius 1 is 1.38 bits per heavy atom. The summed E-state index contributed by atoms with van der Waals surface area (Å²) in [7, 11) is 0. The fourth-order valence-electron chi connectivity index (χ4n) is 1.98. The summed E-state index contributed by atoms with van der Waals surface area (Å²) in [6, 6.07) is 5.21. The largest absolute Gasteiger partial charge is 0.385 e. The molecule has 0 radical (unpaired) electrons. The van der Waals surface area contributed by atoms with Crippen molar-refractivity contribution >= 4 is 23.2 Å². The summed E-state index contributed by atoms with van der Waals surface area (Å²) in [6.07, 6.45) is 1.64. The first-order valence-electron chi connectivity index (χ1n) is 6.84. The number of halogens is 1. The molecule has 0 fully saturated rings. The Morgan fingerprint density at radius 3 is 2.90 bits per heavy atom. The molecule has 0 spiro atoms. The highest BCUT2D eigenvalue weighted by Gasteiger charge is 2.13. The number of benzene rings is 1. The van der Waals surface area contributed by atoms with Gasteiger partial charge in [-0.1, -0.05) is 11.6 Å². The van der Waals surface area contributed by atoms with Crippen LogP contribution in [0.5, 0.6) is 0 Å². The van der Waals surface area contributed by atoms with Crippen LogP contribution in [0.2, 0.25) is 5.02 Å². The van der Waals surface area contributed by atoms with E-state index in [-0.39, 0.29) is 5.91 Å². The number of anilines is 1. The summed E-state index contributed by atoms with van der Waals surface area (Å²) in [4.78, 5) is 12.3. The van der Waals surface area contributed by atoms with E-state index in [0.29, 0.717) is 17.1 Å². The number of aryl methyl sites for hydroxylation is 1. The summed E-state index contributed by atoms with van der Waals surface area (Å²) in [5.41, 5.74) is 1.28. The van der Waals surface area contributed by atoms with E-state index in [1.165, 1.54) is 0 Å². The number of carbonyl (C=O) groups excluding carboxylic acids is 1. The fourth-order valence-corrected chi connectivity index (χ4v) is 2.16. The van der Waals surface area contributed by atoms with Crippen LogP contribution in [0.15, 0.2) is 24.5 Å². The summed E-state index contributed by atoms with van der Waals surface area (Å²) < 4.78 is 1.88. The molecule has 0 aliphatic heterocycles. The Labute approximate surface area is 128 Å². The summed E-state index contributed by atoms with van der Waals surface area (Å²) >= 11 is 5.97. The van der Waals surface area contributed by atoms with Gasteiger partial charge in [-0.25, -0.2) is 0 Å². The Balaban J connectivity index is 2.11. The molecule has 0 saturated heterocycles. The average molecular weight is 308 g/mol. The number of rotatable bonds is 6. The predicted molar refractivity (Wildman–Crippen MR) is 82.5 cm³/mol. The second-order valence-electron chi connectivity index (χ2n) is 4.44. The molecule has 7 heteroatoms. The van der Waals surface area contributed by atoms with E-state index in [1.54, 1.807) is 24.5 Å². The molecule has 0 atom stereocenters. The van der Waals surface area contributed by atoms with E-state index >= 15 is 0 Å². The Kier molecular flexibility index (Phi) is 5.16. The minimum atomic E-state index is -0.195. The monoisotopic (exact) mass is 307 g/mol. The average Bonchev–Trinajstić information content (AvgIpc) is 2.94. The van der Waals surface area contributed by atoms with Crippen LogP contribution in [0.4, 0.5) is 5.69 Å². The van der Waals surface area contributed by atoms with Gasteiger partial charge in [0, 0.05) is 23.8 Å². The van der Waals surface area contributed by atoms with Crippen LogP contribution in [0, 0.1) is 0 Å². The van der Waals surface area contributed by atoms with Crippen LogP contribution >= 0.6 is 11.6 Å². The van der Waals surface area contributed by atoms with Gasteiger partial charge in [-0.3, -0.25) is 4.79 Å². The Morgan fingerprint density at radius 2 is 2.19 bits per heavy atom. The van der Waals surface area contributed by atoms with Crippen molar-refractivity contribution in [3.63, 3.8) is 0 Å². The van der Waals surface area contributed by atoms with Crippen molar-refractivity contribution in [1.82, 2.24) is 20.1 Å². The van der Waals surface area contributed by atoms with Crippen molar-refractivity contribution in [3.05, 3.63) is 40.9 Å². The van der Waals surface area contributed by atoms with E-state index in [9.17, 15) is 4.79 Å². The molecule has 6 nitrogen and oxygen atoms in total. The highest BCUT2D eigenvalue weighted by molar-refractivity contribution is 6.31. The van der Waals surface area contributed by atoms with E-state index in [4.69, 9.17) is 11.6 Å². The maximum absolute atomic E-state index is 12.3. The number of aromatic nitrogens is 3. The molecule has 0 aliphatic carbocycles. The van der Waals surface area contributed by atoms with Gasteiger partial charge >= 0.3 is 0 Å². The standard InChI is InChI=1S/C14H18ClN5O/c1-3-16-12-6-5-10(15)7-11(12)14(21)17-8-13-19-18-9-20(13)4-2/h5-7,9,16H,3-4,8H2,1-2H3,(H,17,21). The van der Waals surface area contributed by atoms with E-state index < -0.39 is 0 Å². The third-order valence-corrected chi connectivity index (χ3v) is 3.27. The van der Waals surface area contributed by atoms with Gasteiger partial charge in [0.1, 0.15) is 6.33 Å². The van der Waals surface area contributed by atoms with Gasteiger partial charge in [-0.2, -0.15) is 0 Å². The van der Waals surface area contributed by atoms with E-state index in [1.807, 2.05) is 18.4 Å². The third kappa shape index (κ3) is 3.72. The SMILES string of the molecule is CCNc1ccc(Cl)cc1C(=O)NCc1nncn1CC. The molecule has 0 unspecified atom stereocenters. The number of hydrogen-bond donors (Lipinski definition) is 2. The molecule has 2 N–H and O–H groups in total. The molecule has 0 aliphatic rings. The van der Waals surface area contributed by atoms with Crippen LogP contribution in [0.3, 0.4) is 0 Å². The lowest BCUT2D eigenvalue weighted by Crippen LogP contribution is -2.25. The summed E-state index contributed by atoms with van der Waals surface area (Å²) in [5, 5.41) is 14.3. The second-order valence-corrected chi connectivity index (χ2v) is 4.87. The molecule has 112 valence electrons. The van der Waals surface area contributed by atoms with Crippen molar-refractivity contribution in [1.29, 1.82) is 0 Å². The molecular weight excluding hydrogens is 290 g/mol. The first-order valence-corrected chi connectivity index (χ1v) is 7.21. The number of nitrogens with zero attached hydrogens (tertiary/aromatic N) is 3. The summed E-state index contributed by atoms with van der Waals surface area (Å²) in [6.45, 7) is 5.78. The van der Waals surface area contributed by atoms with Crippen LogP contribution in [-0.2, 0) is 13.1 Å². The molecule has 1 aromatic carbocycles. The van der Waals surface area contributed by atoms with Crippen molar-refractivity contribution in [3.8, 4) is 0 Å². The fraction of sp³-hybridized carbons (Fsp3) is 0.357. The molecule has 2 rings (SSSR count). The molecule has 1 heterocycles. The van der Waals surface area contributed by atoms with Crippen molar-refractivity contribution in [2.75, 3.05) is 11.9 Å². The first-order chi connectivity index (χ1) is 10.2. The van der Waals surface area contributed by atoms with Crippen LogP contribution in [0.25, 0.3) is 0 Å². The second kappa shape index (κ2) is 7.08. The van der Waals surface area contributed by atoms with Gasteiger partial charge in [0.05, 0.1) is 12.1 Å². The molecule has 0 saturated carbocycles. The van der Waals surface area contributed by atoms with Gasteiger partial charge in [-0.15, -0.1) is 10.2 Å².